The van der Waals surface area contributed by atoms with Gasteiger partial charge in [0.25, 0.3) is 5.22 Å². The van der Waals surface area contributed by atoms with Gasteiger partial charge in [-0.2, -0.15) is 0 Å². The van der Waals surface area contributed by atoms with Gasteiger partial charge in [0.1, 0.15) is 5.76 Å². The van der Waals surface area contributed by atoms with Crippen molar-refractivity contribution in [2.75, 3.05) is 12.3 Å². The van der Waals surface area contributed by atoms with Gasteiger partial charge in [0, 0.05) is 11.8 Å². The summed E-state index contributed by atoms with van der Waals surface area (Å²) >= 11 is 1.71. The van der Waals surface area contributed by atoms with E-state index in [1.807, 2.05) is 13.8 Å². The third-order valence-corrected chi connectivity index (χ3v) is 3.48. The van der Waals surface area contributed by atoms with Gasteiger partial charge in [0.15, 0.2) is 0 Å². The highest BCUT2D eigenvalue weighted by Crippen LogP contribution is 2.21. The number of aryl methyl sites for hydroxylation is 2. The Morgan fingerprint density at radius 2 is 2.27 bits per heavy atom. The first-order chi connectivity index (χ1) is 7.25. The van der Waals surface area contributed by atoms with Crippen LogP contribution in [0.25, 0.3) is 0 Å². The van der Waals surface area contributed by atoms with Gasteiger partial charge in [0.05, 0.1) is 5.69 Å². The Kier molecular flexibility index (Phi) is 3.70. The van der Waals surface area contributed by atoms with Crippen LogP contribution in [-0.4, -0.2) is 23.3 Å². The molecule has 84 valence electrons. The normalized spacial score (nSPS) is 15.9. The maximum absolute atomic E-state index is 5.49. The van der Waals surface area contributed by atoms with Crippen LogP contribution in [0.2, 0.25) is 0 Å². The van der Waals surface area contributed by atoms with Crippen LogP contribution in [0.3, 0.4) is 0 Å². The van der Waals surface area contributed by atoms with E-state index in [0.29, 0.717) is 0 Å². The fourth-order valence-corrected chi connectivity index (χ4v) is 2.18. The number of nitrogens with zero attached hydrogens (tertiary/aromatic N) is 1. The van der Waals surface area contributed by atoms with Crippen molar-refractivity contribution < 1.29 is 4.42 Å². The molecule has 15 heavy (non-hydrogen) atoms. The zero-order valence-electron chi connectivity index (χ0n) is 9.38. The van der Waals surface area contributed by atoms with Crippen LogP contribution in [0.5, 0.6) is 0 Å². The molecule has 1 aromatic heterocycles. The quantitative estimate of drug-likeness (QED) is 0.597. The Balaban J connectivity index is 1.60. The van der Waals surface area contributed by atoms with E-state index in [0.717, 1.165) is 35.0 Å². The molecule has 1 aliphatic carbocycles. The fourth-order valence-electron chi connectivity index (χ4n) is 1.33. The molecular formula is C11H18N2OS. The molecule has 4 heteroatoms. The van der Waals surface area contributed by atoms with Gasteiger partial charge in [-0.15, -0.1) is 0 Å². The summed E-state index contributed by atoms with van der Waals surface area (Å²) in [5, 5.41) is 4.31. The third kappa shape index (κ3) is 3.54. The van der Waals surface area contributed by atoms with E-state index >= 15 is 0 Å². The molecule has 0 radical (unpaired) electrons. The van der Waals surface area contributed by atoms with Crippen molar-refractivity contribution in [2.24, 2.45) is 0 Å². The smallest absolute Gasteiger partial charge is 0.256 e. The van der Waals surface area contributed by atoms with Crippen LogP contribution in [0.15, 0.2) is 9.64 Å². The molecule has 2 rings (SSSR count). The second-order valence-corrected chi connectivity index (χ2v) is 5.10. The molecule has 0 bridgehead atoms. The van der Waals surface area contributed by atoms with Crippen LogP contribution in [0.1, 0.15) is 30.7 Å². The first-order valence-electron chi connectivity index (χ1n) is 5.56. The summed E-state index contributed by atoms with van der Waals surface area (Å²) in [4.78, 5) is 4.33. The minimum atomic E-state index is 0.816. The highest BCUT2D eigenvalue weighted by atomic mass is 32.2. The SMILES string of the molecule is Cc1nc(SCCCNC2CC2)oc1C. The van der Waals surface area contributed by atoms with Gasteiger partial charge in [-0.3, -0.25) is 0 Å². The van der Waals surface area contributed by atoms with E-state index < -0.39 is 0 Å². The van der Waals surface area contributed by atoms with Gasteiger partial charge in [-0.25, -0.2) is 4.98 Å². The van der Waals surface area contributed by atoms with Crippen molar-refractivity contribution in [2.45, 2.75) is 44.4 Å². The maximum atomic E-state index is 5.49. The minimum Gasteiger partial charge on any atom is -0.437 e. The molecule has 1 saturated carbocycles. The average molecular weight is 226 g/mol. The lowest BCUT2D eigenvalue weighted by molar-refractivity contribution is 0.431. The summed E-state index contributed by atoms with van der Waals surface area (Å²) in [6, 6.07) is 0.821. The van der Waals surface area contributed by atoms with Crippen LogP contribution >= 0.6 is 11.8 Å². The number of aromatic nitrogens is 1. The zero-order valence-corrected chi connectivity index (χ0v) is 10.2. The van der Waals surface area contributed by atoms with E-state index in [4.69, 9.17) is 4.42 Å². The monoisotopic (exact) mass is 226 g/mol. The Morgan fingerprint density at radius 3 is 2.87 bits per heavy atom. The molecule has 0 aliphatic heterocycles. The van der Waals surface area contributed by atoms with E-state index in [1.54, 1.807) is 11.8 Å². The zero-order chi connectivity index (χ0) is 10.7. The topological polar surface area (TPSA) is 38.1 Å². The van der Waals surface area contributed by atoms with Gasteiger partial charge < -0.3 is 9.73 Å². The van der Waals surface area contributed by atoms with Gasteiger partial charge >= 0.3 is 0 Å². The Bertz CT molecular complexity index is 301. The highest BCUT2D eigenvalue weighted by Gasteiger charge is 2.19. The number of hydrogen-bond donors (Lipinski definition) is 1. The highest BCUT2D eigenvalue weighted by molar-refractivity contribution is 7.99. The molecule has 1 aromatic rings. The summed E-state index contributed by atoms with van der Waals surface area (Å²) in [5.74, 6) is 2.02. The van der Waals surface area contributed by atoms with E-state index in [-0.39, 0.29) is 0 Å². The van der Waals surface area contributed by atoms with Gasteiger partial charge in [-0.1, -0.05) is 11.8 Å². The van der Waals surface area contributed by atoms with Crippen molar-refractivity contribution in [3.8, 4) is 0 Å². The van der Waals surface area contributed by atoms with E-state index in [9.17, 15) is 0 Å². The first kappa shape index (κ1) is 11.0. The summed E-state index contributed by atoms with van der Waals surface area (Å²) < 4.78 is 5.49. The molecule has 0 spiro atoms. The summed E-state index contributed by atoms with van der Waals surface area (Å²) in [7, 11) is 0. The molecule has 0 atom stereocenters. The van der Waals surface area contributed by atoms with Crippen LogP contribution in [-0.2, 0) is 0 Å². The largest absolute Gasteiger partial charge is 0.437 e. The predicted molar refractivity (Wildman–Crippen MR) is 62.3 cm³/mol. The number of oxazole rings is 1. The van der Waals surface area contributed by atoms with Crippen molar-refractivity contribution in [1.82, 2.24) is 10.3 Å². The predicted octanol–water partition coefficient (Wildman–Crippen LogP) is 2.53. The number of rotatable bonds is 6. The number of hydrogen-bond acceptors (Lipinski definition) is 4. The van der Waals surface area contributed by atoms with Gasteiger partial charge in [-0.05, 0) is 39.7 Å². The molecule has 1 aliphatic rings. The Labute approximate surface area is 95.0 Å². The molecule has 1 heterocycles. The lowest BCUT2D eigenvalue weighted by Gasteiger charge is -2.00. The van der Waals surface area contributed by atoms with E-state index in [2.05, 4.69) is 10.3 Å². The molecule has 0 saturated heterocycles. The summed E-state index contributed by atoms with van der Waals surface area (Å²) in [5.41, 5.74) is 1.01. The maximum Gasteiger partial charge on any atom is 0.256 e. The second kappa shape index (κ2) is 5.03. The lowest BCUT2D eigenvalue weighted by Crippen LogP contribution is -2.17. The number of nitrogens with one attached hydrogen (secondary N) is 1. The molecule has 3 nitrogen and oxygen atoms in total. The van der Waals surface area contributed by atoms with Crippen LogP contribution < -0.4 is 5.32 Å². The number of thioether (sulfide) groups is 1. The average Bonchev–Trinajstić information content (AvgIpc) is 2.95. The van der Waals surface area contributed by atoms with Crippen molar-refractivity contribution in [3.05, 3.63) is 11.5 Å². The van der Waals surface area contributed by atoms with Crippen LogP contribution in [0, 0.1) is 13.8 Å². The molecule has 0 aromatic carbocycles. The minimum absolute atomic E-state index is 0.816. The second-order valence-electron chi connectivity index (χ2n) is 4.05. The standard InChI is InChI=1S/C11H18N2OS/c1-8-9(2)14-11(13-8)15-7-3-6-12-10-4-5-10/h10,12H,3-7H2,1-2H3. The third-order valence-electron chi connectivity index (χ3n) is 2.57. The van der Waals surface area contributed by atoms with Crippen LogP contribution in [0.4, 0.5) is 0 Å². The van der Waals surface area contributed by atoms with E-state index in [1.165, 1.54) is 19.3 Å². The summed E-state index contributed by atoms with van der Waals surface area (Å²) in [6.07, 6.45) is 3.91. The Hall–Kier alpha value is -0.480. The first-order valence-corrected chi connectivity index (χ1v) is 6.54. The molecule has 1 fully saturated rings. The van der Waals surface area contributed by atoms with Gasteiger partial charge in [0.2, 0.25) is 0 Å². The molecule has 0 amide bonds. The lowest BCUT2D eigenvalue weighted by atomic mass is 10.4. The Morgan fingerprint density at radius 1 is 1.47 bits per heavy atom. The fraction of sp³-hybridized carbons (Fsp3) is 0.727. The summed E-state index contributed by atoms with van der Waals surface area (Å²) in [6.45, 7) is 5.06. The molecule has 1 N–H and O–H groups in total. The van der Waals surface area contributed by atoms with Crippen molar-refractivity contribution in [3.63, 3.8) is 0 Å². The van der Waals surface area contributed by atoms with Crippen molar-refractivity contribution >= 4 is 11.8 Å². The molecule has 0 unspecified atom stereocenters. The molecular weight excluding hydrogens is 208 g/mol. The van der Waals surface area contributed by atoms with Crippen molar-refractivity contribution in [1.29, 1.82) is 0 Å².